The lowest BCUT2D eigenvalue weighted by atomic mass is 9.65. The van der Waals surface area contributed by atoms with Gasteiger partial charge >= 0.3 is 0 Å². The lowest BCUT2D eigenvalue weighted by Gasteiger charge is -2.39. The second-order valence-electron chi connectivity index (χ2n) is 8.26. The van der Waals surface area contributed by atoms with E-state index in [2.05, 4.69) is 41.0 Å². The molecule has 0 radical (unpaired) electrons. The zero-order valence-electron chi connectivity index (χ0n) is 13.8. The van der Waals surface area contributed by atoms with Crippen molar-refractivity contribution >= 4 is 11.7 Å². The van der Waals surface area contributed by atoms with Crippen LogP contribution in [0.3, 0.4) is 0 Å². The van der Waals surface area contributed by atoms with Crippen molar-refractivity contribution < 1.29 is 0 Å². The molecule has 1 aliphatic carbocycles. The highest BCUT2D eigenvalue weighted by Gasteiger charge is 2.50. The van der Waals surface area contributed by atoms with E-state index in [4.69, 9.17) is 4.98 Å². The SMILES string of the molecule is CC1(C)CC2CC(C)(CN2c2cncc(C3=NCCN3)n2)C1. The lowest BCUT2D eigenvalue weighted by molar-refractivity contribution is 0.136. The van der Waals surface area contributed by atoms with Gasteiger partial charge in [0.05, 0.1) is 18.9 Å². The molecule has 2 bridgehead atoms. The predicted octanol–water partition coefficient (Wildman–Crippen LogP) is 2.23. The summed E-state index contributed by atoms with van der Waals surface area (Å²) >= 11 is 0. The molecule has 1 aromatic heterocycles. The van der Waals surface area contributed by atoms with E-state index >= 15 is 0 Å². The second-order valence-corrected chi connectivity index (χ2v) is 8.26. The fourth-order valence-corrected chi connectivity index (χ4v) is 4.91. The van der Waals surface area contributed by atoms with E-state index in [0.29, 0.717) is 16.9 Å². The smallest absolute Gasteiger partial charge is 0.149 e. The van der Waals surface area contributed by atoms with Gasteiger partial charge < -0.3 is 10.2 Å². The van der Waals surface area contributed by atoms with E-state index in [1.54, 1.807) is 0 Å². The van der Waals surface area contributed by atoms with Crippen LogP contribution in [0.1, 0.15) is 45.7 Å². The van der Waals surface area contributed by atoms with Gasteiger partial charge in [-0.05, 0) is 30.1 Å². The first-order chi connectivity index (χ1) is 10.4. The van der Waals surface area contributed by atoms with Gasteiger partial charge in [0.2, 0.25) is 0 Å². The van der Waals surface area contributed by atoms with Crippen LogP contribution in [0.4, 0.5) is 5.82 Å². The number of anilines is 1. The number of nitrogens with one attached hydrogen (secondary N) is 1. The van der Waals surface area contributed by atoms with E-state index < -0.39 is 0 Å². The van der Waals surface area contributed by atoms with Crippen LogP contribution in [-0.2, 0) is 0 Å². The van der Waals surface area contributed by atoms with E-state index in [1.165, 1.54) is 19.3 Å². The molecule has 1 N–H and O–H groups in total. The summed E-state index contributed by atoms with van der Waals surface area (Å²) in [5.74, 6) is 1.91. The van der Waals surface area contributed by atoms with Gasteiger partial charge in [0, 0.05) is 19.1 Å². The molecule has 1 saturated carbocycles. The summed E-state index contributed by atoms with van der Waals surface area (Å²) < 4.78 is 0. The molecule has 0 aromatic carbocycles. The number of hydrogen-bond donors (Lipinski definition) is 1. The van der Waals surface area contributed by atoms with Crippen LogP contribution >= 0.6 is 0 Å². The van der Waals surface area contributed by atoms with E-state index in [-0.39, 0.29) is 0 Å². The summed E-state index contributed by atoms with van der Waals surface area (Å²) in [6.07, 6.45) is 7.55. The Balaban J connectivity index is 1.64. The topological polar surface area (TPSA) is 53.4 Å². The van der Waals surface area contributed by atoms with Crippen LogP contribution in [0.2, 0.25) is 0 Å². The maximum absolute atomic E-state index is 4.85. The van der Waals surface area contributed by atoms with Crippen LogP contribution < -0.4 is 10.2 Å². The van der Waals surface area contributed by atoms with E-state index in [0.717, 1.165) is 37.0 Å². The summed E-state index contributed by atoms with van der Waals surface area (Å²) in [5, 5.41) is 3.29. The quantitative estimate of drug-likeness (QED) is 0.910. The Bertz CT molecular complexity index is 623. The van der Waals surface area contributed by atoms with E-state index in [1.807, 2.05) is 12.4 Å². The van der Waals surface area contributed by atoms with Gasteiger partial charge in [-0.25, -0.2) is 4.98 Å². The van der Waals surface area contributed by atoms with Crippen LogP contribution in [0.5, 0.6) is 0 Å². The lowest BCUT2D eigenvalue weighted by Crippen LogP contribution is -2.35. The molecular weight excluding hydrogens is 274 g/mol. The molecule has 3 heterocycles. The van der Waals surface area contributed by atoms with Crippen molar-refractivity contribution in [2.45, 2.75) is 46.1 Å². The molecule has 4 rings (SSSR count). The van der Waals surface area contributed by atoms with Crippen molar-refractivity contribution in [3.63, 3.8) is 0 Å². The molecule has 0 spiro atoms. The minimum absolute atomic E-state index is 0.410. The minimum Gasteiger partial charge on any atom is -0.367 e. The highest BCUT2D eigenvalue weighted by atomic mass is 15.3. The van der Waals surface area contributed by atoms with Gasteiger partial charge in [-0.1, -0.05) is 20.8 Å². The molecule has 0 amide bonds. The Morgan fingerprint density at radius 1 is 1.23 bits per heavy atom. The molecule has 22 heavy (non-hydrogen) atoms. The number of nitrogens with zero attached hydrogens (tertiary/aromatic N) is 4. The van der Waals surface area contributed by atoms with Crippen molar-refractivity contribution in [3.05, 3.63) is 18.1 Å². The molecular formula is C17H25N5. The van der Waals surface area contributed by atoms with Gasteiger partial charge in [0.15, 0.2) is 0 Å². The molecule has 5 nitrogen and oxygen atoms in total. The number of aliphatic imine (C=N–C) groups is 1. The molecule has 118 valence electrons. The van der Waals surface area contributed by atoms with Crippen LogP contribution in [0.15, 0.2) is 17.4 Å². The zero-order valence-corrected chi connectivity index (χ0v) is 13.8. The number of hydrogen-bond acceptors (Lipinski definition) is 5. The van der Waals surface area contributed by atoms with Crippen molar-refractivity contribution in [1.29, 1.82) is 0 Å². The molecule has 2 aliphatic heterocycles. The molecule has 2 unspecified atom stereocenters. The van der Waals surface area contributed by atoms with Gasteiger partial charge in [-0.3, -0.25) is 9.98 Å². The van der Waals surface area contributed by atoms with Gasteiger partial charge in [0.1, 0.15) is 17.3 Å². The number of aromatic nitrogens is 2. The Kier molecular flexibility index (Phi) is 2.97. The van der Waals surface area contributed by atoms with E-state index in [9.17, 15) is 0 Å². The van der Waals surface area contributed by atoms with Crippen LogP contribution in [-0.4, -0.2) is 41.5 Å². The van der Waals surface area contributed by atoms with Gasteiger partial charge in [0.25, 0.3) is 0 Å². The van der Waals surface area contributed by atoms with Crippen LogP contribution in [0.25, 0.3) is 0 Å². The first-order valence-corrected chi connectivity index (χ1v) is 8.32. The monoisotopic (exact) mass is 299 g/mol. The normalized spacial score (nSPS) is 32.8. The van der Waals surface area contributed by atoms with Crippen molar-refractivity contribution in [2.24, 2.45) is 15.8 Å². The second kappa shape index (κ2) is 4.67. The standard InChI is InChI=1S/C17H25N5/c1-16(2)6-12-7-17(3,10-16)11-22(12)14-9-18-8-13(21-14)15-19-4-5-20-15/h8-9,12H,4-7,10-11H2,1-3H3,(H,19,20). The van der Waals surface area contributed by atoms with Gasteiger partial charge in [-0.2, -0.15) is 0 Å². The van der Waals surface area contributed by atoms with Crippen molar-refractivity contribution in [1.82, 2.24) is 15.3 Å². The molecule has 3 aliphatic rings. The summed E-state index contributed by atoms with van der Waals surface area (Å²) in [5.41, 5.74) is 1.71. The predicted molar refractivity (Wildman–Crippen MR) is 88.3 cm³/mol. The Hall–Kier alpha value is -1.65. The average molecular weight is 299 g/mol. The highest BCUT2D eigenvalue weighted by Crippen LogP contribution is 2.53. The maximum atomic E-state index is 4.85. The molecule has 5 heteroatoms. The molecule has 1 aromatic rings. The summed E-state index contributed by atoms with van der Waals surface area (Å²) in [6, 6.07) is 0.594. The Labute approximate surface area is 132 Å². The third-order valence-electron chi connectivity index (χ3n) is 5.25. The fourth-order valence-electron chi connectivity index (χ4n) is 4.91. The largest absolute Gasteiger partial charge is 0.367 e. The minimum atomic E-state index is 0.410. The first-order valence-electron chi connectivity index (χ1n) is 8.32. The van der Waals surface area contributed by atoms with Crippen LogP contribution in [0, 0.1) is 10.8 Å². The number of rotatable bonds is 2. The molecule has 2 fully saturated rings. The summed E-state index contributed by atoms with van der Waals surface area (Å²) in [6.45, 7) is 10.1. The Morgan fingerprint density at radius 3 is 2.86 bits per heavy atom. The summed E-state index contributed by atoms with van der Waals surface area (Å²) in [4.78, 5) is 16.2. The average Bonchev–Trinajstić information content (AvgIpc) is 3.04. The molecule has 1 saturated heterocycles. The first kappa shape index (κ1) is 14.0. The Morgan fingerprint density at radius 2 is 2.09 bits per heavy atom. The van der Waals surface area contributed by atoms with Crippen molar-refractivity contribution in [2.75, 3.05) is 24.5 Å². The third kappa shape index (κ3) is 2.36. The third-order valence-corrected chi connectivity index (χ3v) is 5.25. The number of amidine groups is 1. The molecule has 2 atom stereocenters. The number of fused-ring (bicyclic) bond motifs is 2. The fraction of sp³-hybridized carbons (Fsp3) is 0.706. The van der Waals surface area contributed by atoms with Crippen molar-refractivity contribution in [3.8, 4) is 0 Å². The van der Waals surface area contributed by atoms with Gasteiger partial charge in [-0.15, -0.1) is 0 Å². The zero-order chi connectivity index (χ0) is 15.4. The highest BCUT2D eigenvalue weighted by molar-refractivity contribution is 5.98. The summed E-state index contributed by atoms with van der Waals surface area (Å²) in [7, 11) is 0. The maximum Gasteiger partial charge on any atom is 0.149 e.